The molecule has 1 N–H and O–H groups in total. The fourth-order valence-corrected chi connectivity index (χ4v) is 4.62. The zero-order chi connectivity index (χ0) is 21.1. The maximum Gasteiger partial charge on any atom is 0.262 e. The smallest absolute Gasteiger partial charge is 0.262 e. The van der Waals surface area contributed by atoms with Gasteiger partial charge in [-0.2, -0.15) is 0 Å². The minimum absolute atomic E-state index is 0.0120. The first-order valence-electron chi connectivity index (χ1n) is 9.27. The Kier molecular flexibility index (Phi) is 5.99. The SMILES string of the molecule is O=S(=O)(Nc1cnc(N2CCN(c3ccccc3)CC2)nc1)c1ccc(Cl)c(Cl)c1. The number of nitrogens with zero attached hydrogens (tertiary/aromatic N) is 4. The number of sulfonamides is 1. The van der Waals surface area contributed by atoms with E-state index >= 15 is 0 Å². The molecule has 0 aliphatic carbocycles. The van der Waals surface area contributed by atoms with E-state index in [9.17, 15) is 8.42 Å². The van der Waals surface area contributed by atoms with Crippen molar-refractivity contribution in [2.24, 2.45) is 0 Å². The summed E-state index contributed by atoms with van der Waals surface area (Å²) < 4.78 is 27.5. The van der Waals surface area contributed by atoms with Crippen LogP contribution in [0.2, 0.25) is 10.0 Å². The van der Waals surface area contributed by atoms with Crippen LogP contribution in [0.15, 0.2) is 65.8 Å². The first kappa shape index (κ1) is 20.7. The third-order valence-electron chi connectivity index (χ3n) is 4.78. The Morgan fingerprint density at radius 1 is 0.833 bits per heavy atom. The number of nitrogens with one attached hydrogen (secondary N) is 1. The molecule has 1 aliphatic heterocycles. The number of hydrogen-bond donors (Lipinski definition) is 1. The minimum atomic E-state index is -3.82. The summed E-state index contributed by atoms with van der Waals surface area (Å²) >= 11 is 11.8. The van der Waals surface area contributed by atoms with Crippen LogP contribution in [0.1, 0.15) is 0 Å². The van der Waals surface area contributed by atoms with Gasteiger partial charge in [-0.1, -0.05) is 41.4 Å². The van der Waals surface area contributed by atoms with Gasteiger partial charge in [0.2, 0.25) is 5.95 Å². The number of benzene rings is 2. The summed E-state index contributed by atoms with van der Waals surface area (Å²) in [7, 11) is -3.82. The van der Waals surface area contributed by atoms with Crippen LogP contribution in [0.4, 0.5) is 17.3 Å². The second-order valence-corrected chi connectivity index (χ2v) is 9.26. The molecule has 3 aromatic rings. The highest BCUT2D eigenvalue weighted by atomic mass is 35.5. The van der Waals surface area contributed by atoms with Crippen molar-refractivity contribution >= 4 is 50.5 Å². The van der Waals surface area contributed by atoms with E-state index in [0.29, 0.717) is 5.95 Å². The van der Waals surface area contributed by atoms with Gasteiger partial charge in [-0.05, 0) is 30.3 Å². The Bertz CT molecular complexity index is 1120. The number of piperazine rings is 1. The fraction of sp³-hybridized carbons (Fsp3) is 0.200. The molecule has 0 atom stereocenters. The van der Waals surface area contributed by atoms with Crippen molar-refractivity contribution < 1.29 is 8.42 Å². The molecule has 2 heterocycles. The van der Waals surface area contributed by atoms with E-state index in [1.165, 1.54) is 36.3 Å². The highest BCUT2D eigenvalue weighted by Crippen LogP contribution is 2.26. The molecule has 1 aliphatic rings. The van der Waals surface area contributed by atoms with Gasteiger partial charge in [-0.25, -0.2) is 18.4 Å². The van der Waals surface area contributed by atoms with Crippen LogP contribution in [0.5, 0.6) is 0 Å². The standard InChI is InChI=1S/C20H19Cl2N5O2S/c21-18-7-6-17(12-19(18)22)30(28,29)25-15-13-23-20(24-14-15)27-10-8-26(9-11-27)16-4-2-1-3-5-16/h1-7,12-14,25H,8-11H2. The fourth-order valence-electron chi connectivity index (χ4n) is 3.20. The number of para-hydroxylation sites is 1. The van der Waals surface area contributed by atoms with Gasteiger partial charge in [0.15, 0.2) is 0 Å². The molecule has 4 rings (SSSR count). The molecular weight excluding hydrogens is 445 g/mol. The van der Waals surface area contributed by atoms with Crippen LogP contribution in [-0.4, -0.2) is 44.6 Å². The zero-order valence-corrected chi connectivity index (χ0v) is 18.2. The maximum absolute atomic E-state index is 12.5. The zero-order valence-electron chi connectivity index (χ0n) is 15.9. The molecule has 10 heteroatoms. The highest BCUT2D eigenvalue weighted by molar-refractivity contribution is 7.92. The van der Waals surface area contributed by atoms with E-state index < -0.39 is 10.0 Å². The molecule has 0 amide bonds. The number of aromatic nitrogens is 2. The Hall–Kier alpha value is -2.55. The van der Waals surface area contributed by atoms with E-state index in [2.05, 4.69) is 36.6 Å². The average Bonchev–Trinajstić information content (AvgIpc) is 2.77. The number of rotatable bonds is 5. The molecule has 7 nitrogen and oxygen atoms in total. The lowest BCUT2D eigenvalue weighted by Crippen LogP contribution is -2.47. The largest absolute Gasteiger partial charge is 0.368 e. The summed E-state index contributed by atoms with van der Waals surface area (Å²) in [5.41, 5.74) is 1.47. The summed E-state index contributed by atoms with van der Waals surface area (Å²) in [6.45, 7) is 3.28. The van der Waals surface area contributed by atoms with Gasteiger partial charge in [-0.3, -0.25) is 4.72 Å². The summed E-state index contributed by atoms with van der Waals surface area (Å²) in [4.78, 5) is 13.1. The summed E-state index contributed by atoms with van der Waals surface area (Å²) in [6, 6.07) is 14.4. The van der Waals surface area contributed by atoms with Crippen LogP contribution in [0.3, 0.4) is 0 Å². The van der Waals surface area contributed by atoms with Gasteiger partial charge >= 0.3 is 0 Å². The second kappa shape index (κ2) is 8.67. The third-order valence-corrected chi connectivity index (χ3v) is 6.89. The van der Waals surface area contributed by atoms with Crippen LogP contribution in [0.25, 0.3) is 0 Å². The lowest BCUT2D eigenvalue weighted by Gasteiger charge is -2.36. The molecule has 1 aromatic heterocycles. The Balaban J connectivity index is 1.40. The number of hydrogen-bond acceptors (Lipinski definition) is 6. The highest BCUT2D eigenvalue weighted by Gasteiger charge is 2.20. The molecule has 156 valence electrons. The molecule has 0 unspecified atom stereocenters. The van der Waals surface area contributed by atoms with E-state index in [-0.39, 0.29) is 20.6 Å². The molecule has 1 fully saturated rings. The van der Waals surface area contributed by atoms with Crippen molar-refractivity contribution in [1.29, 1.82) is 0 Å². The first-order chi connectivity index (χ1) is 14.4. The van der Waals surface area contributed by atoms with Gasteiger partial charge in [0.05, 0.1) is 33.0 Å². The van der Waals surface area contributed by atoms with Gasteiger partial charge < -0.3 is 9.80 Å². The van der Waals surface area contributed by atoms with Crippen LogP contribution in [0, 0.1) is 0 Å². The molecule has 0 saturated carbocycles. The van der Waals surface area contributed by atoms with Crippen molar-refractivity contribution in [1.82, 2.24) is 9.97 Å². The van der Waals surface area contributed by atoms with Gasteiger partial charge in [-0.15, -0.1) is 0 Å². The van der Waals surface area contributed by atoms with Crippen LogP contribution in [-0.2, 0) is 10.0 Å². The Morgan fingerprint density at radius 3 is 2.10 bits per heavy atom. The quantitative estimate of drug-likeness (QED) is 0.617. The van der Waals surface area contributed by atoms with E-state index in [4.69, 9.17) is 23.2 Å². The number of anilines is 3. The van der Waals surface area contributed by atoms with Gasteiger partial charge in [0.25, 0.3) is 10.0 Å². The summed E-state index contributed by atoms with van der Waals surface area (Å²) in [5.74, 6) is 0.570. The normalized spacial score (nSPS) is 14.6. The third kappa shape index (κ3) is 4.61. The molecule has 0 bridgehead atoms. The van der Waals surface area contributed by atoms with Crippen LogP contribution < -0.4 is 14.5 Å². The van der Waals surface area contributed by atoms with Crippen molar-refractivity contribution in [2.75, 3.05) is 40.7 Å². The molecule has 30 heavy (non-hydrogen) atoms. The predicted molar refractivity (Wildman–Crippen MR) is 120 cm³/mol. The maximum atomic E-state index is 12.5. The van der Waals surface area contributed by atoms with Crippen molar-refractivity contribution in [3.8, 4) is 0 Å². The van der Waals surface area contributed by atoms with Gasteiger partial charge in [0.1, 0.15) is 0 Å². The van der Waals surface area contributed by atoms with Crippen LogP contribution >= 0.6 is 23.2 Å². The summed E-state index contributed by atoms with van der Waals surface area (Å²) in [5, 5.41) is 0.455. The summed E-state index contributed by atoms with van der Waals surface area (Å²) in [6.07, 6.45) is 2.92. The second-order valence-electron chi connectivity index (χ2n) is 6.76. The average molecular weight is 464 g/mol. The van der Waals surface area contributed by atoms with Gasteiger partial charge in [0, 0.05) is 31.9 Å². The van der Waals surface area contributed by atoms with E-state index in [1.54, 1.807) is 0 Å². The molecular formula is C20H19Cl2N5O2S. The molecule has 2 aromatic carbocycles. The lowest BCUT2D eigenvalue weighted by molar-refractivity contribution is 0.601. The van der Waals surface area contributed by atoms with Crippen molar-refractivity contribution in [3.63, 3.8) is 0 Å². The lowest BCUT2D eigenvalue weighted by atomic mass is 10.2. The number of halogens is 2. The minimum Gasteiger partial charge on any atom is -0.368 e. The topological polar surface area (TPSA) is 78.4 Å². The predicted octanol–water partition coefficient (Wildman–Crippen LogP) is 3.91. The van der Waals surface area contributed by atoms with Crippen molar-refractivity contribution in [2.45, 2.75) is 4.90 Å². The Morgan fingerprint density at radius 2 is 1.47 bits per heavy atom. The van der Waals surface area contributed by atoms with E-state index in [1.807, 2.05) is 18.2 Å². The molecule has 1 saturated heterocycles. The monoisotopic (exact) mass is 463 g/mol. The first-order valence-corrected chi connectivity index (χ1v) is 11.5. The van der Waals surface area contributed by atoms with E-state index in [0.717, 1.165) is 26.2 Å². The molecule has 0 radical (unpaired) electrons. The molecule has 0 spiro atoms. The Labute approximate surface area is 185 Å². The van der Waals surface area contributed by atoms with Crippen molar-refractivity contribution in [3.05, 3.63) is 71.0 Å².